The Kier molecular flexibility index (Phi) is 5.19. The van der Waals surface area contributed by atoms with Gasteiger partial charge in [-0.25, -0.2) is 0 Å². The topological polar surface area (TPSA) is 48.0 Å². The molecule has 3 heteroatoms. The Morgan fingerprint density at radius 1 is 1.09 bits per heavy atom. The molecule has 1 aromatic carbocycles. The predicted molar refractivity (Wildman–Crippen MR) is 92.1 cm³/mol. The Labute approximate surface area is 132 Å². The smallest absolute Gasteiger partial charge is 0.255 e. The molecule has 1 atom stereocenters. The third-order valence-electron chi connectivity index (χ3n) is 4.05. The molecule has 2 aromatic rings. The summed E-state index contributed by atoms with van der Waals surface area (Å²) >= 11 is 0. The molecule has 2 rings (SSSR count). The lowest BCUT2D eigenvalue weighted by atomic mass is 9.98. The molecule has 0 aliphatic rings. The van der Waals surface area contributed by atoms with Crippen LogP contribution in [0, 0.1) is 12.8 Å². The summed E-state index contributed by atoms with van der Waals surface area (Å²) in [7, 11) is 0. The van der Waals surface area contributed by atoms with Crippen LogP contribution in [0.15, 0.2) is 41.2 Å². The van der Waals surface area contributed by atoms with Gasteiger partial charge in [-0.3, -0.25) is 4.79 Å². The van der Waals surface area contributed by atoms with Crippen molar-refractivity contribution in [2.24, 2.45) is 11.7 Å². The van der Waals surface area contributed by atoms with Gasteiger partial charge in [0.15, 0.2) is 0 Å². The number of aromatic nitrogens is 1. The van der Waals surface area contributed by atoms with Gasteiger partial charge in [-0.05, 0) is 42.5 Å². The number of hydrogen-bond donors (Lipinski definition) is 1. The number of hydrogen-bond acceptors (Lipinski definition) is 2. The van der Waals surface area contributed by atoms with Crippen LogP contribution in [0.5, 0.6) is 0 Å². The van der Waals surface area contributed by atoms with E-state index in [4.69, 9.17) is 5.73 Å². The maximum absolute atomic E-state index is 12.7. The minimum absolute atomic E-state index is 0.0285. The second-order valence-electron chi connectivity index (χ2n) is 6.31. The fourth-order valence-electron chi connectivity index (χ4n) is 2.66. The second kappa shape index (κ2) is 6.93. The van der Waals surface area contributed by atoms with Crippen LogP contribution in [0.2, 0.25) is 0 Å². The number of nitrogens with two attached hydrogens (primary N) is 1. The number of pyridine rings is 1. The van der Waals surface area contributed by atoms with E-state index >= 15 is 0 Å². The van der Waals surface area contributed by atoms with E-state index in [2.05, 4.69) is 32.9 Å². The quantitative estimate of drug-likeness (QED) is 0.919. The highest BCUT2D eigenvalue weighted by Crippen LogP contribution is 2.18. The predicted octanol–water partition coefficient (Wildman–Crippen LogP) is 3.42. The summed E-state index contributed by atoms with van der Waals surface area (Å²) in [6.45, 7) is 9.04. The van der Waals surface area contributed by atoms with Gasteiger partial charge in [0.25, 0.3) is 5.56 Å². The number of aryl methyl sites for hydroxylation is 2. The second-order valence-corrected chi connectivity index (χ2v) is 6.31. The van der Waals surface area contributed by atoms with Crippen molar-refractivity contribution in [1.82, 2.24) is 4.57 Å². The van der Waals surface area contributed by atoms with E-state index in [1.165, 1.54) is 5.56 Å². The van der Waals surface area contributed by atoms with Crippen LogP contribution in [0.4, 0.5) is 0 Å². The average molecular weight is 298 g/mol. The van der Waals surface area contributed by atoms with Crippen LogP contribution in [0.25, 0.3) is 0 Å². The zero-order chi connectivity index (χ0) is 16.3. The molecule has 0 bridgehead atoms. The zero-order valence-corrected chi connectivity index (χ0v) is 14.0. The molecule has 118 valence electrons. The summed E-state index contributed by atoms with van der Waals surface area (Å²) < 4.78 is 1.83. The maximum atomic E-state index is 12.7. The molecule has 22 heavy (non-hydrogen) atoms. The molecular weight excluding hydrogens is 272 g/mol. The van der Waals surface area contributed by atoms with Crippen molar-refractivity contribution in [2.45, 2.75) is 46.7 Å². The van der Waals surface area contributed by atoms with Crippen LogP contribution in [-0.4, -0.2) is 4.57 Å². The van der Waals surface area contributed by atoms with Gasteiger partial charge in [-0.2, -0.15) is 0 Å². The van der Waals surface area contributed by atoms with E-state index < -0.39 is 0 Å². The standard InChI is InChI=1S/C19H26N2O/c1-5-15-7-9-16(10-8-15)18(20)17-11-6-14(4)21(19(17)22)12-13(2)3/h6-11,13,18H,5,12,20H2,1-4H3. The molecule has 1 heterocycles. The molecule has 0 saturated heterocycles. The number of benzene rings is 1. The summed E-state index contributed by atoms with van der Waals surface area (Å²) in [5, 5.41) is 0. The lowest BCUT2D eigenvalue weighted by molar-refractivity contribution is 0.498. The molecule has 0 radical (unpaired) electrons. The molecule has 3 nitrogen and oxygen atoms in total. The normalized spacial score (nSPS) is 12.6. The first-order valence-corrected chi connectivity index (χ1v) is 7.98. The molecular formula is C19H26N2O. The van der Waals surface area contributed by atoms with Crippen LogP contribution >= 0.6 is 0 Å². The molecule has 0 aliphatic carbocycles. The molecule has 2 N–H and O–H groups in total. The van der Waals surface area contributed by atoms with Gasteiger partial charge in [0, 0.05) is 17.8 Å². The first-order valence-electron chi connectivity index (χ1n) is 7.98. The molecule has 0 amide bonds. The molecule has 1 aromatic heterocycles. The third-order valence-corrected chi connectivity index (χ3v) is 4.05. The fraction of sp³-hybridized carbons (Fsp3) is 0.421. The molecule has 0 saturated carbocycles. The van der Waals surface area contributed by atoms with Gasteiger partial charge in [0.1, 0.15) is 0 Å². The van der Waals surface area contributed by atoms with Crippen LogP contribution in [0.1, 0.15) is 49.2 Å². The van der Waals surface area contributed by atoms with Crippen LogP contribution in [-0.2, 0) is 13.0 Å². The molecule has 1 unspecified atom stereocenters. The molecule has 0 spiro atoms. The Hall–Kier alpha value is -1.87. The fourth-order valence-corrected chi connectivity index (χ4v) is 2.66. The van der Waals surface area contributed by atoms with Crippen LogP contribution < -0.4 is 11.3 Å². The Balaban J connectivity index is 2.40. The lowest BCUT2D eigenvalue weighted by Crippen LogP contribution is -2.31. The first kappa shape index (κ1) is 16.5. The monoisotopic (exact) mass is 298 g/mol. The van der Waals surface area contributed by atoms with E-state index in [0.717, 1.165) is 24.2 Å². The van der Waals surface area contributed by atoms with E-state index in [9.17, 15) is 4.79 Å². The van der Waals surface area contributed by atoms with E-state index in [1.54, 1.807) is 0 Å². The van der Waals surface area contributed by atoms with Gasteiger partial charge in [0.2, 0.25) is 0 Å². The van der Waals surface area contributed by atoms with E-state index in [0.29, 0.717) is 11.5 Å². The lowest BCUT2D eigenvalue weighted by Gasteiger charge is -2.17. The van der Waals surface area contributed by atoms with Crippen molar-refractivity contribution in [3.05, 3.63) is 69.1 Å². The summed E-state index contributed by atoms with van der Waals surface area (Å²) in [5.74, 6) is 0.423. The number of rotatable bonds is 5. The van der Waals surface area contributed by atoms with Gasteiger partial charge < -0.3 is 10.3 Å². The Morgan fingerprint density at radius 3 is 2.27 bits per heavy atom. The molecule has 0 fully saturated rings. The minimum Gasteiger partial charge on any atom is -0.320 e. The van der Waals surface area contributed by atoms with E-state index in [-0.39, 0.29) is 11.6 Å². The third kappa shape index (κ3) is 3.47. The zero-order valence-electron chi connectivity index (χ0n) is 14.0. The van der Waals surface area contributed by atoms with Gasteiger partial charge in [-0.1, -0.05) is 45.0 Å². The average Bonchev–Trinajstić information content (AvgIpc) is 2.51. The van der Waals surface area contributed by atoms with Gasteiger partial charge >= 0.3 is 0 Å². The van der Waals surface area contributed by atoms with Crippen molar-refractivity contribution in [3.63, 3.8) is 0 Å². The molecule has 0 aliphatic heterocycles. The minimum atomic E-state index is -0.377. The highest BCUT2D eigenvalue weighted by Gasteiger charge is 2.15. The van der Waals surface area contributed by atoms with E-state index in [1.807, 2.05) is 35.8 Å². The van der Waals surface area contributed by atoms with Crippen molar-refractivity contribution in [3.8, 4) is 0 Å². The SMILES string of the molecule is CCc1ccc(C(N)c2ccc(C)n(CC(C)C)c2=O)cc1. The summed E-state index contributed by atoms with van der Waals surface area (Å²) in [6.07, 6.45) is 1.00. The summed E-state index contributed by atoms with van der Waals surface area (Å²) in [5.41, 5.74) is 10.3. The van der Waals surface area contributed by atoms with Gasteiger partial charge in [0.05, 0.1) is 6.04 Å². The Morgan fingerprint density at radius 2 is 1.73 bits per heavy atom. The van der Waals surface area contributed by atoms with Crippen molar-refractivity contribution < 1.29 is 0 Å². The van der Waals surface area contributed by atoms with Crippen molar-refractivity contribution >= 4 is 0 Å². The Bertz CT molecular complexity index is 684. The highest BCUT2D eigenvalue weighted by atomic mass is 16.1. The van der Waals surface area contributed by atoms with Gasteiger partial charge in [-0.15, -0.1) is 0 Å². The van der Waals surface area contributed by atoms with Crippen molar-refractivity contribution in [2.75, 3.05) is 0 Å². The van der Waals surface area contributed by atoms with Crippen LogP contribution in [0.3, 0.4) is 0 Å². The summed E-state index contributed by atoms with van der Waals surface area (Å²) in [6, 6.07) is 11.7. The summed E-state index contributed by atoms with van der Waals surface area (Å²) in [4.78, 5) is 12.7. The maximum Gasteiger partial charge on any atom is 0.255 e. The van der Waals surface area contributed by atoms with Crippen molar-refractivity contribution in [1.29, 1.82) is 0 Å². The largest absolute Gasteiger partial charge is 0.320 e. The highest BCUT2D eigenvalue weighted by molar-refractivity contribution is 5.32. The first-order chi connectivity index (χ1) is 10.4. The number of nitrogens with zero attached hydrogens (tertiary/aromatic N) is 1.